The number of ether oxygens (including phenoxy) is 1. The summed E-state index contributed by atoms with van der Waals surface area (Å²) >= 11 is 1.45. The molecule has 5 nitrogen and oxygen atoms in total. The van der Waals surface area contributed by atoms with Crippen molar-refractivity contribution in [3.63, 3.8) is 0 Å². The van der Waals surface area contributed by atoms with E-state index in [2.05, 4.69) is 4.98 Å². The second-order valence-electron chi connectivity index (χ2n) is 4.77. The summed E-state index contributed by atoms with van der Waals surface area (Å²) in [6.07, 6.45) is 0. The third-order valence-electron chi connectivity index (χ3n) is 3.32. The number of aryl methyl sites for hydroxylation is 2. The smallest absolute Gasteiger partial charge is 0.339 e. The number of hydrogen-bond acceptors (Lipinski definition) is 5. The summed E-state index contributed by atoms with van der Waals surface area (Å²) in [5, 5.41) is 9.42. The number of halogens is 1. The standard InChI is InChI=1S/C15H12FNO4S/c1-7-12(22-6-17-7)5-20-9-3-10-13(15(18)19)8(2)21-14(10)11(16)4-9/h3-4,6H,5H2,1-2H3,(H,18,19). The van der Waals surface area contributed by atoms with Crippen molar-refractivity contribution in [1.29, 1.82) is 0 Å². The van der Waals surface area contributed by atoms with Gasteiger partial charge in [-0.05, 0) is 19.9 Å². The number of carbonyl (C=O) groups is 1. The highest BCUT2D eigenvalue weighted by Gasteiger charge is 2.21. The van der Waals surface area contributed by atoms with Crippen molar-refractivity contribution in [3.05, 3.63) is 45.4 Å². The van der Waals surface area contributed by atoms with Crippen LogP contribution < -0.4 is 4.74 Å². The molecule has 0 fully saturated rings. The molecule has 3 rings (SSSR count). The summed E-state index contributed by atoms with van der Waals surface area (Å²) in [4.78, 5) is 16.3. The third kappa shape index (κ3) is 2.43. The van der Waals surface area contributed by atoms with Crippen molar-refractivity contribution in [1.82, 2.24) is 4.98 Å². The number of nitrogens with zero attached hydrogens (tertiary/aromatic N) is 1. The number of hydrogen-bond donors (Lipinski definition) is 1. The van der Waals surface area contributed by atoms with Crippen LogP contribution in [0.5, 0.6) is 5.75 Å². The Balaban J connectivity index is 1.99. The van der Waals surface area contributed by atoms with Gasteiger partial charge in [-0.25, -0.2) is 14.2 Å². The molecule has 0 saturated carbocycles. The first-order chi connectivity index (χ1) is 10.5. The summed E-state index contributed by atoms with van der Waals surface area (Å²) in [6, 6.07) is 2.67. The molecule has 2 heterocycles. The minimum absolute atomic E-state index is 0.0479. The normalized spacial score (nSPS) is 11.0. The SMILES string of the molecule is Cc1ncsc1COc1cc(F)c2oc(C)c(C(=O)O)c2c1. The molecule has 0 saturated heterocycles. The predicted molar refractivity (Wildman–Crippen MR) is 79.1 cm³/mol. The summed E-state index contributed by atoms with van der Waals surface area (Å²) in [5.74, 6) is -1.40. The Bertz CT molecular complexity index is 868. The van der Waals surface area contributed by atoms with Crippen molar-refractivity contribution >= 4 is 28.3 Å². The first-order valence-corrected chi connectivity index (χ1v) is 7.33. The van der Waals surface area contributed by atoms with Crippen molar-refractivity contribution in [2.75, 3.05) is 0 Å². The van der Waals surface area contributed by atoms with E-state index in [9.17, 15) is 14.3 Å². The van der Waals surface area contributed by atoms with E-state index < -0.39 is 11.8 Å². The van der Waals surface area contributed by atoms with Crippen molar-refractivity contribution < 1.29 is 23.4 Å². The Morgan fingerprint density at radius 1 is 1.45 bits per heavy atom. The minimum atomic E-state index is -1.16. The lowest BCUT2D eigenvalue weighted by molar-refractivity contribution is 0.0697. The summed E-state index contributed by atoms with van der Waals surface area (Å²) < 4.78 is 24.8. The minimum Gasteiger partial charge on any atom is -0.488 e. The van der Waals surface area contributed by atoms with Gasteiger partial charge in [-0.15, -0.1) is 11.3 Å². The fourth-order valence-corrected chi connectivity index (χ4v) is 2.90. The van der Waals surface area contributed by atoms with Crippen LogP contribution in [0.4, 0.5) is 4.39 Å². The monoisotopic (exact) mass is 321 g/mol. The third-order valence-corrected chi connectivity index (χ3v) is 4.23. The fraction of sp³-hybridized carbons (Fsp3) is 0.200. The van der Waals surface area contributed by atoms with Crippen molar-refractivity contribution in [2.24, 2.45) is 0 Å². The lowest BCUT2D eigenvalue weighted by Gasteiger charge is -2.06. The van der Waals surface area contributed by atoms with Crippen LogP contribution in [0.25, 0.3) is 11.0 Å². The average molecular weight is 321 g/mol. The van der Waals surface area contributed by atoms with Crippen LogP contribution in [-0.4, -0.2) is 16.1 Å². The predicted octanol–water partition coefficient (Wildman–Crippen LogP) is 3.92. The highest BCUT2D eigenvalue weighted by Crippen LogP contribution is 2.32. The largest absolute Gasteiger partial charge is 0.488 e. The Kier molecular flexibility index (Phi) is 3.58. The van der Waals surface area contributed by atoms with Crippen molar-refractivity contribution in [2.45, 2.75) is 20.5 Å². The number of benzene rings is 1. The molecule has 0 aliphatic rings. The van der Waals surface area contributed by atoms with Gasteiger partial charge in [0.05, 0.1) is 16.1 Å². The summed E-state index contributed by atoms with van der Waals surface area (Å²) in [5.41, 5.74) is 2.45. The molecule has 1 aromatic carbocycles. The van der Waals surface area contributed by atoms with E-state index in [0.29, 0.717) is 0 Å². The summed E-state index contributed by atoms with van der Waals surface area (Å²) in [7, 11) is 0. The van der Waals surface area contributed by atoms with Gasteiger partial charge in [0.1, 0.15) is 23.7 Å². The molecule has 22 heavy (non-hydrogen) atoms. The maximum Gasteiger partial charge on any atom is 0.339 e. The van der Waals surface area contributed by atoms with Crippen molar-refractivity contribution in [3.8, 4) is 5.75 Å². The van der Waals surface area contributed by atoms with E-state index in [1.807, 2.05) is 6.92 Å². The van der Waals surface area contributed by atoms with E-state index in [0.717, 1.165) is 10.6 Å². The van der Waals surface area contributed by atoms with Crippen LogP contribution >= 0.6 is 11.3 Å². The van der Waals surface area contributed by atoms with Gasteiger partial charge >= 0.3 is 5.97 Å². The van der Waals surface area contributed by atoms with Crippen LogP contribution in [0.2, 0.25) is 0 Å². The van der Waals surface area contributed by atoms with E-state index >= 15 is 0 Å². The summed E-state index contributed by atoms with van der Waals surface area (Å²) in [6.45, 7) is 3.60. The molecular formula is C15H12FNO4S. The van der Waals surface area contributed by atoms with Gasteiger partial charge in [-0.3, -0.25) is 0 Å². The first kappa shape index (κ1) is 14.5. The molecular weight excluding hydrogens is 309 g/mol. The highest BCUT2D eigenvalue weighted by molar-refractivity contribution is 7.09. The Hall–Kier alpha value is -2.41. The van der Waals surface area contributed by atoms with Crippen LogP contribution in [0.15, 0.2) is 22.1 Å². The molecule has 0 radical (unpaired) electrons. The molecule has 0 unspecified atom stereocenters. The molecule has 0 bridgehead atoms. The number of aromatic carboxylic acids is 1. The van der Waals surface area contributed by atoms with Crippen LogP contribution in [-0.2, 0) is 6.61 Å². The number of rotatable bonds is 4. The maximum absolute atomic E-state index is 14.1. The second kappa shape index (κ2) is 5.42. The zero-order valence-electron chi connectivity index (χ0n) is 11.8. The molecule has 0 spiro atoms. The van der Waals surface area contributed by atoms with Gasteiger partial charge < -0.3 is 14.3 Å². The molecule has 0 aliphatic heterocycles. The van der Waals surface area contributed by atoms with Crippen LogP contribution in [0, 0.1) is 19.7 Å². The number of thiazole rings is 1. The van der Waals surface area contributed by atoms with E-state index in [1.165, 1.54) is 30.4 Å². The number of carboxylic acids is 1. The zero-order valence-corrected chi connectivity index (χ0v) is 12.7. The zero-order chi connectivity index (χ0) is 15.9. The fourth-order valence-electron chi connectivity index (χ4n) is 2.21. The topological polar surface area (TPSA) is 72.6 Å². The van der Waals surface area contributed by atoms with E-state index in [1.54, 1.807) is 5.51 Å². The van der Waals surface area contributed by atoms with E-state index in [-0.39, 0.29) is 34.6 Å². The quantitative estimate of drug-likeness (QED) is 0.788. The lowest BCUT2D eigenvalue weighted by atomic mass is 10.1. The molecule has 3 aromatic rings. The van der Waals surface area contributed by atoms with Gasteiger partial charge in [0.15, 0.2) is 11.4 Å². The van der Waals surface area contributed by atoms with Crippen LogP contribution in [0.3, 0.4) is 0 Å². The molecule has 1 N–H and O–H groups in total. The Labute approximate surface area is 129 Å². The molecule has 7 heteroatoms. The van der Waals surface area contributed by atoms with Gasteiger partial charge in [0.2, 0.25) is 0 Å². The molecule has 0 atom stereocenters. The second-order valence-corrected chi connectivity index (χ2v) is 5.71. The molecule has 0 amide bonds. The Morgan fingerprint density at radius 3 is 2.86 bits per heavy atom. The average Bonchev–Trinajstić information content (AvgIpc) is 2.99. The lowest BCUT2D eigenvalue weighted by Crippen LogP contribution is -1.98. The molecule has 0 aliphatic carbocycles. The Morgan fingerprint density at radius 2 is 2.23 bits per heavy atom. The van der Waals surface area contributed by atoms with Gasteiger partial charge in [0.25, 0.3) is 0 Å². The number of carboxylic acid groups (broad SMARTS) is 1. The van der Waals surface area contributed by atoms with E-state index in [4.69, 9.17) is 9.15 Å². The van der Waals surface area contributed by atoms with Gasteiger partial charge in [-0.2, -0.15) is 0 Å². The highest BCUT2D eigenvalue weighted by atomic mass is 32.1. The van der Waals surface area contributed by atoms with Gasteiger partial charge in [-0.1, -0.05) is 0 Å². The molecule has 2 aromatic heterocycles. The molecule has 114 valence electrons. The number of aromatic nitrogens is 1. The van der Waals surface area contributed by atoms with Gasteiger partial charge in [0, 0.05) is 11.5 Å². The number of furan rings is 1. The number of fused-ring (bicyclic) bond motifs is 1. The van der Waals surface area contributed by atoms with Crippen LogP contribution in [0.1, 0.15) is 26.7 Å². The first-order valence-electron chi connectivity index (χ1n) is 6.45. The maximum atomic E-state index is 14.1.